The van der Waals surface area contributed by atoms with E-state index in [1.807, 2.05) is 37.3 Å². The van der Waals surface area contributed by atoms with Crippen LogP contribution in [-0.4, -0.2) is 27.7 Å². The first kappa shape index (κ1) is 17.7. The maximum Gasteiger partial charge on any atom is 0.216 e. The number of nitrogens with one attached hydrogen (secondary N) is 1. The minimum absolute atomic E-state index is 0.373. The van der Waals surface area contributed by atoms with Crippen molar-refractivity contribution < 1.29 is 4.74 Å². The molecule has 128 valence electrons. The fourth-order valence-corrected chi connectivity index (χ4v) is 2.73. The number of halogens is 2. The lowest BCUT2D eigenvalue weighted by Gasteiger charge is -2.05. The molecule has 0 atom stereocenters. The van der Waals surface area contributed by atoms with E-state index in [1.165, 1.54) is 4.68 Å². The molecule has 3 aromatic rings. The zero-order valence-corrected chi connectivity index (χ0v) is 15.6. The minimum Gasteiger partial charge on any atom is -0.494 e. The van der Waals surface area contributed by atoms with E-state index >= 15 is 0 Å². The summed E-state index contributed by atoms with van der Waals surface area (Å²) in [5, 5.41) is 12.3. The van der Waals surface area contributed by atoms with Gasteiger partial charge in [0.2, 0.25) is 4.77 Å². The molecule has 0 aliphatic carbocycles. The second kappa shape index (κ2) is 7.82. The third-order valence-corrected chi connectivity index (χ3v) is 4.47. The molecule has 0 spiro atoms. The van der Waals surface area contributed by atoms with Gasteiger partial charge in [-0.25, -0.2) is 5.10 Å². The van der Waals surface area contributed by atoms with Gasteiger partial charge in [-0.15, -0.1) is 0 Å². The van der Waals surface area contributed by atoms with Gasteiger partial charge in [0.25, 0.3) is 0 Å². The van der Waals surface area contributed by atoms with Gasteiger partial charge in [0, 0.05) is 11.1 Å². The molecule has 0 bridgehead atoms. The van der Waals surface area contributed by atoms with Crippen LogP contribution in [0.15, 0.2) is 47.6 Å². The average Bonchev–Trinajstić information content (AvgIpc) is 2.98. The normalized spacial score (nSPS) is 11.2. The van der Waals surface area contributed by atoms with Crippen molar-refractivity contribution in [3.8, 4) is 17.1 Å². The Balaban J connectivity index is 1.95. The molecule has 1 heterocycles. The van der Waals surface area contributed by atoms with Crippen molar-refractivity contribution in [3.05, 3.63) is 62.8 Å². The molecule has 0 fully saturated rings. The number of ether oxygens (including phenoxy) is 1. The second-order valence-corrected chi connectivity index (χ2v) is 6.18. The molecule has 0 aliphatic rings. The number of hydrogen-bond acceptors (Lipinski definition) is 4. The smallest absolute Gasteiger partial charge is 0.216 e. The maximum absolute atomic E-state index is 6.18. The van der Waals surface area contributed by atoms with Crippen LogP contribution in [0.3, 0.4) is 0 Å². The zero-order valence-electron chi connectivity index (χ0n) is 13.2. The predicted octanol–water partition coefficient (Wildman–Crippen LogP) is 5.20. The summed E-state index contributed by atoms with van der Waals surface area (Å²) in [6, 6.07) is 12.9. The number of aromatic nitrogens is 3. The van der Waals surface area contributed by atoms with Crippen LogP contribution in [0.2, 0.25) is 10.0 Å². The highest BCUT2D eigenvalue weighted by molar-refractivity contribution is 7.71. The Hall–Kier alpha value is -2.15. The maximum atomic E-state index is 6.18. The van der Waals surface area contributed by atoms with E-state index in [0.29, 0.717) is 32.8 Å². The highest BCUT2D eigenvalue weighted by Crippen LogP contribution is 2.25. The summed E-state index contributed by atoms with van der Waals surface area (Å²) in [4.78, 5) is 0. The van der Waals surface area contributed by atoms with Crippen LogP contribution >= 0.6 is 35.4 Å². The van der Waals surface area contributed by atoms with E-state index in [1.54, 1.807) is 18.3 Å². The van der Waals surface area contributed by atoms with Crippen LogP contribution in [-0.2, 0) is 0 Å². The number of benzene rings is 2. The van der Waals surface area contributed by atoms with Crippen molar-refractivity contribution in [3.63, 3.8) is 0 Å². The van der Waals surface area contributed by atoms with Gasteiger partial charge in [-0.05, 0) is 49.5 Å². The Bertz CT molecular complexity index is 964. The highest BCUT2D eigenvalue weighted by Gasteiger charge is 2.09. The van der Waals surface area contributed by atoms with Gasteiger partial charge in [0.05, 0.1) is 22.9 Å². The summed E-state index contributed by atoms with van der Waals surface area (Å²) in [5.74, 6) is 1.38. The lowest BCUT2D eigenvalue weighted by Crippen LogP contribution is -1.96. The van der Waals surface area contributed by atoms with Crippen LogP contribution in [0, 0.1) is 4.77 Å². The molecule has 25 heavy (non-hydrogen) atoms. The minimum atomic E-state index is 0.373. The number of rotatable bonds is 5. The molecule has 0 unspecified atom stereocenters. The number of aromatic amines is 1. The molecule has 3 rings (SSSR count). The van der Waals surface area contributed by atoms with Crippen molar-refractivity contribution in [2.75, 3.05) is 6.61 Å². The molecule has 8 heteroatoms. The molecule has 2 aromatic carbocycles. The van der Waals surface area contributed by atoms with Gasteiger partial charge in [-0.2, -0.15) is 14.9 Å². The molecule has 0 saturated carbocycles. The fraction of sp³-hybridized carbons (Fsp3) is 0.118. The average molecular weight is 393 g/mol. The topological polar surface area (TPSA) is 55.2 Å². The number of H-pyrrole nitrogens is 1. The first-order valence-corrected chi connectivity index (χ1v) is 8.65. The molecule has 0 amide bonds. The van der Waals surface area contributed by atoms with E-state index in [-0.39, 0.29) is 0 Å². The summed E-state index contributed by atoms with van der Waals surface area (Å²) in [6.07, 6.45) is 1.59. The Morgan fingerprint density at radius 2 is 2.00 bits per heavy atom. The van der Waals surface area contributed by atoms with Gasteiger partial charge < -0.3 is 4.74 Å². The van der Waals surface area contributed by atoms with E-state index < -0.39 is 0 Å². The largest absolute Gasteiger partial charge is 0.494 e. The van der Waals surface area contributed by atoms with Gasteiger partial charge in [-0.3, -0.25) is 0 Å². The van der Waals surface area contributed by atoms with Crippen LogP contribution in [0.4, 0.5) is 0 Å². The zero-order chi connectivity index (χ0) is 17.8. The number of hydrogen-bond donors (Lipinski definition) is 1. The predicted molar refractivity (Wildman–Crippen MR) is 103 cm³/mol. The Kier molecular flexibility index (Phi) is 5.53. The van der Waals surface area contributed by atoms with Crippen LogP contribution in [0.1, 0.15) is 12.5 Å². The Morgan fingerprint density at radius 3 is 2.72 bits per heavy atom. The van der Waals surface area contributed by atoms with E-state index in [4.69, 9.17) is 40.2 Å². The van der Waals surface area contributed by atoms with Crippen molar-refractivity contribution in [1.29, 1.82) is 0 Å². The first-order valence-electron chi connectivity index (χ1n) is 7.49. The Morgan fingerprint density at radius 1 is 1.24 bits per heavy atom. The third kappa shape index (κ3) is 3.92. The third-order valence-electron chi connectivity index (χ3n) is 3.37. The molecule has 5 nitrogen and oxygen atoms in total. The van der Waals surface area contributed by atoms with E-state index in [2.05, 4.69) is 15.3 Å². The summed E-state index contributed by atoms with van der Waals surface area (Å²) < 4.78 is 7.35. The van der Waals surface area contributed by atoms with Crippen molar-refractivity contribution in [2.24, 2.45) is 5.10 Å². The summed E-state index contributed by atoms with van der Waals surface area (Å²) in [7, 11) is 0. The molecule has 0 aliphatic heterocycles. The highest BCUT2D eigenvalue weighted by atomic mass is 35.5. The standard InChI is InChI=1S/C17H14Cl2N4OS/c1-2-24-13-8-6-11(7-9-13)16-21-22-17(25)23(16)20-10-12-4-3-5-14(18)15(12)19/h3-10H,2H2,1H3,(H,22,25). The van der Waals surface area contributed by atoms with E-state index in [0.717, 1.165) is 11.3 Å². The molecule has 1 aromatic heterocycles. The second-order valence-electron chi connectivity index (χ2n) is 5.01. The molecule has 0 saturated heterocycles. The lowest BCUT2D eigenvalue weighted by atomic mass is 10.2. The van der Waals surface area contributed by atoms with Crippen molar-refractivity contribution in [1.82, 2.24) is 14.9 Å². The van der Waals surface area contributed by atoms with Gasteiger partial charge in [0.15, 0.2) is 5.82 Å². The first-order chi connectivity index (χ1) is 12.1. The quantitative estimate of drug-likeness (QED) is 0.479. The molecule has 1 N–H and O–H groups in total. The van der Waals surface area contributed by atoms with E-state index in [9.17, 15) is 0 Å². The van der Waals surface area contributed by atoms with Crippen LogP contribution in [0.5, 0.6) is 5.75 Å². The van der Waals surface area contributed by atoms with Crippen molar-refractivity contribution >= 4 is 41.6 Å². The van der Waals surface area contributed by atoms with Gasteiger partial charge >= 0.3 is 0 Å². The summed E-state index contributed by atoms with van der Waals surface area (Å²) in [5.41, 5.74) is 1.54. The monoisotopic (exact) mass is 392 g/mol. The molecular weight excluding hydrogens is 379 g/mol. The van der Waals surface area contributed by atoms with Crippen LogP contribution < -0.4 is 4.74 Å². The summed E-state index contributed by atoms with van der Waals surface area (Å²) in [6.45, 7) is 2.55. The summed E-state index contributed by atoms with van der Waals surface area (Å²) >= 11 is 17.5. The Labute approximate surface area is 159 Å². The van der Waals surface area contributed by atoms with Crippen molar-refractivity contribution in [2.45, 2.75) is 6.92 Å². The number of nitrogens with zero attached hydrogens (tertiary/aromatic N) is 3. The molecular formula is C17H14Cl2N4OS. The lowest BCUT2D eigenvalue weighted by molar-refractivity contribution is 0.340. The van der Waals surface area contributed by atoms with Crippen LogP contribution in [0.25, 0.3) is 11.4 Å². The molecule has 0 radical (unpaired) electrons. The van der Waals surface area contributed by atoms with Gasteiger partial charge in [-0.1, -0.05) is 35.3 Å². The van der Waals surface area contributed by atoms with Gasteiger partial charge in [0.1, 0.15) is 5.75 Å². The SMILES string of the molecule is CCOc1ccc(-c2n[nH]c(=S)n2N=Cc2cccc(Cl)c2Cl)cc1. The fourth-order valence-electron chi connectivity index (χ4n) is 2.19.